The molecule has 0 radical (unpaired) electrons. The summed E-state index contributed by atoms with van der Waals surface area (Å²) in [6, 6.07) is 4.99. The Balaban J connectivity index is 2.55. The first-order chi connectivity index (χ1) is 7.49. The van der Waals surface area contributed by atoms with Gasteiger partial charge in [0.1, 0.15) is 5.82 Å². The van der Waals surface area contributed by atoms with Gasteiger partial charge in [0.15, 0.2) is 0 Å². The summed E-state index contributed by atoms with van der Waals surface area (Å²) in [5.74, 6) is -0.180. The van der Waals surface area contributed by atoms with Crippen LogP contribution >= 0.6 is 0 Å². The number of benzene rings is 1. The number of nitrogens with two attached hydrogens (primary N) is 1. The first-order valence-corrected chi connectivity index (χ1v) is 5.64. The average Bonchev–Trinajstić information content (AvgIpc) is 2.20. The highest BCUT2D eigenvalue weighted by Crippen LogP contribution is 2.12. The van der Waals surface area contributed by atoms with E-state index in [2.05, 4.69) is 4.90 Å². The minimum Gasteiger partial charge on any atom is -0.327 e. The molecule has 0 saturated heterocycles. The standard InChI is InChI=1S/C13H21FN2/c1-10-4-5-12(14)8-11(10)9-13(15)6-7-16(2)3/h4-5,8,13H,6-7,9,15H2,1-3H3. The fraction of sp³-hybridized carbons (Fsp3) is 0.538. The van der Waals surface area contributed by atoms with Crippen LogP contribution in [0, 0.1) is 12.7 Å². The molecule has 1 unspecified atom stereocenters. The van der Waals surface area contributed by atoms with Crippen LogP contribution in [0.2, 0.25) is 0 Å². The monoisotopic (exact) mass is 224 g/mol. The van der Waals surface area contributed by atoms with Crippen molar-refractivity contribution >= 4 is 0 Å². The second-order valence-electron chi connectivity index (χ2n) is 4.63. The zero-order valence-corrected chi connectivity index (χ0v) is 10.3. The van der Waals surface area contributed by atoms with Crippen molar-refractivity contribution in [2.24, 2.45) is 5.73 Å². The Kier molecular flexibility index (Phi) is 4.90. The Labute approximate surface area is 97.3 Å². The summed E-state index contributed by atoms with van der Waals surface area (Å²) in [6.07, 6.45) is 1.68. The van der Waals surface area contributed by atoms with Gasteiger partial charge < -0.3 is 10.6 Å². The van der Waals surface area contributed by atoms with Gasteiger partial charge in [-0.3, -0.25) is 0 Å². The van der Waals surface area contributed by atoms with E-state index in [9.17, 15) is 4.39 Å². The lowest BCUT2D eigenvalue weighted by Crippen LogP contribution is -2.28. The maximum absolute atomic E-state index is 13.1. The number of nitrogens with zero attached hydrogens (tertiary/aromatic N) is 1. The van der Waals surface area contributed by atoms with Crippen LogP contribution in [0.3, 0.4) is 0 Å². The van der Waals surface area contributed by atoms with Crippen LogP contribution in [0.15, 0.2) is 18.2 Å². The summed E-state index contributed by atoms with van der Waals surface area (Å²) in [7, 11) is 4.06. The van der Waals surface area contributed by atoms with Crippen molar-refractivity contribution in [1.29, 1.82) is 0 Å². The summed E-state index contributed by atoms with van der Waals surface area (Å²) < 4.78 is 13.1. The Morgan fingerprint density at radius 3 is 2.69 bits per heavy atom. The predicted molar refractivity (Wildman–Crippen MR) is 66.0 cm³/mol. The molecule has 3 heteroatoms. The molecular weight excluding hydrogens is 203 g/mol. The molecule has 2 nitrogen and oxygen atoms in total. The van der Waals surface area contributed by atoms with E-state index in [1.165, 1.54) is 6.07 Å². The normalized spacial score (nSPS) is 13.1. The van der Waals surface area contributed by atoms with E-state index in [4.69, 9.17) is 5.73 Å². The lowest BCUT2D eigenvalue weighted by atomic mass is 9.99. The largest absolute Gasteiger partial charge is 0.327 e. The zero-order valence-electron chi connectivity index (χ0n) is 10.3. The van der Waals surface area contributed by atoms with Crippen LogP contribution in [0.4, 0.5) is 4.39 Å². The molecule has 0 aliphatic carbocycles. The van der Waals surface area contributed by atoms with Gasteiger partial charge in [-0.1, -0.05) is 6.07 Å². The number of rotatable bonds is 5. The van der Waals surface area contributed by atoms with E-state index >= 15 is 0 Å². The van der Waals surface area contributed by atoms with E-state index in [0.717, 1.165) is 30.5 Å². The van der Waals surface area contributed by atoms with E-state index in [0.29, 0.717) is 0 Å². The average molecular weight is 224 g/mol. The van der Waals surface area contributed by atoms with Gasteiger partial charge in [0, 0.05) is 6.04 Å². The molecule has 0 amide bonds. The van der Waals surface area contributed by atoms with E-state index < -0.39 is 0 Å². The smallest absolute Gasteiger partial charge is 0.123 e. The molecule has 2 N–H and O–H groups in total. The summed E-state index contributed by atoms with van der Waals surface area (Å²) in [5.41, 5.74) is 8.16. The Morgan fingerprint density at radius 2 is 2.06 bits per heavy atom. The van der Waals surface area contributed by atoms with Crippen molar-refractivity contribution in [3.8, 4) is 0 Å². The summed E-state index contributed by atoms with van der Waals surface area (Å²) in [5, 5.41) is 0. The van der Waals surface area contributed by atoms with Crippen molar-refractivity contribution < 1.29 is 4.39 Å². The molecule has 1 rings (SSSR count). The van der Waals surface area contributed by atoms with Crippen LogP contribution in [-0.4, -0.2) is 31.6 Å². The minimum absolute atomic E-state index is 0.0999. The fourth-order valence-electron chi connectivity index (χ4n) is 1.67. The summed E-state index contributed by atoms with van der Waals surface area (Å²) >= 11 is 0. The van der Waals surface area contributed by atoms with Crippen LogP contribution in [0.1, 0.15) is 17.5 Å². The predicted octanol–water partition coefficient (Wildman–Crippen LogP) is 1.96. The molecule has 0 fully saturated rings. The van der Waals surface area contributed by atoms with Crippen LogP contribution in [-0.2, 0) is 6.42 Å². The molecule has 0 aromatic heterocycles. The molecule has 90 valence electrons. The van der Waals surface area contributed by atoms with Crippen LogP contribution < -0.4 is 5.73 Å². The molecule has 0 aliphatic rings. The quantitative estimate of drug-likeness (QED) is 0.828. The fourth-order valence-corrected chi connectivity index (χ4v) is 1.67. The van der Waals surface area contributed by atoms with Crippen LogP contribution in [0.5, 0.6) is 0 Å². The molecule has 0 spiro atoms. The molecule has 16 heavy (non-hydrogen) atoms. The Hall–Kier alpha value is -0.930. The second kappa shape index (κ2) is 5.97. The number of hydrogen-bond acceptors (Lipinski definition) is 2. The van der Waals surface area contributed by atoms with Crippen molar-refractivity contribution in [3.63, 3.8) is 0 Å². The minimum atomic E-state index is -0.180. The molecule has 0 heterocycles. The summed E-state index contributed by atoms with van der Waals surface area (Å²) in [6.45, 7) is 2.96. The highest BCUT2D eigenvalue weighted by atomic mass is 19.1. The van der Waals surface area contributed by atoms with Crippen molar-refractivity contribution in [2.75, 3.05) is 20.6 Å². The van der Waals surface area contributed by atoms with Gasteiger partial charge in [-0.25, -0.2) is 4.39 Å². The summed E-state index contributed by atoms with van der Waals surface area (Å²) in [4.78, 5) is 2.11. The van der Waals surface area contributed by atoms with Gasteiger partial charge in [-0.2, -0.15) is 0 Å². The third-order valence-electron chi connectivity index (χ3n) is 2.74. The highest BCUT2D eigenvalue weighted by Gasteiger charge is 2.07. The van der Waals surface area contributed by atoms with Gasteiger partial charge in [0.05, 0.1) is 0 Å². The first-order valence-electron chi connectivity index (χ1n) is 5.64. The SMILES string of the molecule is Cc1ccc(F)cc1CC(N)CCN(C)C. The Bertz CT molecular complexity index is 337. The van der Waals surface area contributed by atoms with Gasteiger partial charge >= 0.3 is 0 Å². The molecule has 1 aromatic rings. The highest BCUT2D eigenvalue weighted by molar-refractivity contribution is 5.27. The van der Waals surface area contributed by atoms with Crippen molar-refractivity contribution in [1.82, 2.24) is 4.90 Å². The molecule has 0 bridgehead atoms. The third-order valence-corrected chi connectivity index (χ3v) is 2.74. The zero-order chi connectivity index (χ0) is 12.1. The topological polar surface area (TPSA) is 29.3 Å². The maximum Gasteiger partial charge on any atom is 0.123 e. The molecular formula is C13H21FN2. The number of hydrogen-bond donors (Lipinski definition) is 1. The van der Waals surface area contributed by atoms with E-state index in [1.54, 1.807) is 6.07 Å². The second-order valence-corrected chi connectivity index (χ2v) is 4.63. The third kappa shape index (κ3) is 4.29. The van der Waals surface area contributed by atoms with Gasteiger partial charge in [0.2, 0.25) is 0 Å². The number of aryl methyl sites for hydroxylation is 1. The number of halogens is 1. The lowest BCUT2D eigenvalue weighted by Gasteiger charge is -2.16. The van der Waals surface area contributed by atoms with Crippen molar-refractivity contribution in [2.45, 2.75) is 25.8 Å². The van der Waals surface area contributed by atoms with Crippen LogP contribution in [0.25, 0.3) is 0 Å². The lowest BCUT2D eigenvalue weighted by molar-refractivity contribution is 0.379. The van der Waals surface area contributed by atoms with E-state index in [1.807, 2.05) is 27.1 Å². The Morgan fingerprint density at radius 1 is 1.38 bits per heavy atom. The van der Waals surface area contributed by atoms with Gasteiger partial charge in [-0.05, 0) is 63.7 Å². The van der Waals surface area contributed by atoms with Gasteiger partial charge in [-0.15, -0.1) is 0 Å². The van der Waals surface area contributed by atoms with E-state index in [-0.39, 0.29) is 11.9 Å². The van der Waals surface area contributed by atoms with Crippen molar-refractivity contribution in [3.05, 3.63) is 35.1 Å². The maximum atomic E-state index is 13.1. The van der Waals surface area contributed by atoms with Gasteiger partial charge in [0.25, 0.3) is 0 Å². The molecule has 0 saturated carbocycles. The molecule has 1 aromatic carbocycles. The molecule has 1 atom stereocenters. The first kappa shape index (κ1) is 13.1. The molecule has 0 aliphatic heterocycles.